The van der Waals surface area contributed by atoms with Gasteiger partial charge in [-0.1, -0.05) is 65.9 Å². The lowest BCUT2D eigenvalue weighted by Crippen LogP contribution is -2.17. The van der Waals surface area contributed by atoms with Gasteiger partial charge >= 0.3 is 0 Å². The van der Waals surface area contributed by atoms with Crippen molar-refractivity contribution in [2.45, 2.75) is 35.5 Å². The third-order valence-electron chi connectivity index (χ3n) is 5.47. The third kappa shape index (κ3) is 5.93. The number of carbonyl (C=O) groups is 1. The first-order valence-electron chi connectivity index (χ1n) is 11.1. The van der Waals surface area contributed by atoms with Gasteiger partial charge in [0.25, 0.3) is 15.9 Å². The number of carbonyl (C=O) groups excluding carboxylic acids is 1. The Labute approximate surface area is 210 Å². The van der Waals surface area contributed by atoms with Crippen molar-refractivity contribution in [1.82, 2.24) is 0 Å². The fourth-order valence-corrected chi connectivity index (χ4v) is 5.95. The fourth-order valence-electron chi connectivity index (χ4n) is 3.63. The first kappa shape index (κ1) is 24.6. The third-order valence-corrected chi connectivity index (χ3v) is 8.06. The molecule has 0 aliphatic heterocycles. The molecule has 0 aliphatic carbocycles. The van der Waals surface area contributed by atoms with Gasteiger partial charge in [-0.2, -0.15) is 0 Å². The van der Waals surface area contributed by atoms with E-state index in [0.717, 1.165) is 20.9 Å². The quantitative estimate of drug-likeness (QED) is 0.291. The van der Waals surface area contributed by atoms with Crippen LogP contribution in [0, 0.1) is 20.8 Å². The second kappa shape index (κ2) is 10.4. The molecule has 0 unspecified atom stereocenters. The number of amides is 1. The van der Waals surface area contributed by atoms with Gasteiger partial charge < -0.3 is 5.32 Å². The van der Waals surface area contributed by atoms with Crippen LogP contribution in [-0.4, -0.2) is 14.3 Å². The highest BCUT2D eigenvalue weighted by atomic mass is 32.2. The summed E-state index contributed by atoms with van der Waals surface area (Å²) in [5.74, 6) is -0.380. The molecule has 0 aliphatic rings. The van der Waals surface area contributed by atoms with Crippen molar-refractivity contribution in [2.24, 2.45) is 0 Å². The number of benzene rings is 4. The first-order valence-corrected chi connectivity index (χ1v) is 13.4. The van der Waals surface area contributed by atoms with Crippen molar-refractivity contribution < 1.29 is 13.2 Å². The molecule has 2 N–H and O–H groups in total. The Balaban J connectivity index is 1.59. The monoisotopic (exact) mass is 502 g/mol. The Morgan fingerprint density at radius 1 is 0.743 bits per heavy atom. The normalized spacial score (nSPS) is 11.2. The number of hydrogen-bond donors (Lipinski definition) is 2. The summed E-state index contributed by atoms with van der Waals surface area (Å²) in [7, 11) is -3.89. The van der Waals surface area contributed by atoms with Crippen molar-refractivity contribution in [1.29, 1.82) is 0 Å². The van der Waals surface area contributed by atoms with E-state index in [1.807, 2.05) is 80.6 Å². The summed E-state index contributed by atoms with van der Waals surface area (Å²) >= 11 is 1.54. The second-order valence-electron chi connectivity index (χ2n) is 8.27. The van der Waals surface area contributed by atoms with Crippen LogP contribution in [0.25, 0.3) is 0 Å². The molecule has 0 heterocycles. The lowest BCUT2D eigenvalue weighted by atomic mass is 10.1. The van der Waals surface area contributed by atoms with Gasteiger partial charge in [-0.3, -0.25) is 9.52 Å². The molecule has 0 aromatic heterocycles. The second-order valence-corrected chi connectivity index (χ2v) is 11.0. The van der Waals surface area contributed by atoms with Gasteiger partial charge in [0.05, 0.1) is 16.3 Å². The smallest absolute Gasteiger partial charge is 0.262 e. The number of nitrogens with one attached hydrogen (secondary N) is 2. The molecule has 0 fully saturated rings. The topological polar surface area (TPSA) is 75.3 Å². The predicted octanol–water partition coefficient (Wildman–Crippen LogP) is 6.82. The summed E-state index contributed by atoms with van der Waals surface area (Å²) < 4.78 is 29.1. The molecule has 0 radical (unpaired) electrons. The highest BCUT2D eigenvalue weighted by Crippen LogP contribution is 2.33. The van der Waals surface area contributed by atoms with Crippen LogP contribution in [0.5, 0.6) is 0 Å². The van der Waals surface area contributed by atoms with Gasteiger partial charge in [0, 0.05) is 15.4 Å². The first-order chi connectivity index (χ1) is 16.7. The van der Waals surface area contributed by atoms with E-state index in [1.165, 1.54) is 6.07 Å². The van der Waals surface area contributed by atoms with E-state index >= 15 is 0 Å². The molecule has 4 aromatic carbocycles. The predicted molar refractivity (Wildman–Crippen MR) is 143 cm³/mol. The maximum atomic E-state index is 13.2. The van der Waals surface area contributed by atoms with Gasteiger partial charge in [-0.05, 0) is 74.4 Å². The summed E-state index contributed by atoms with van der Waals surface area (Å²) in [4.78, 5) is 15.1. The Morgan fingerprint density at radius 2 is 1.46 bits per heavy atom. The molecule has 0 atom stereocenters. The minimum atomic E-state index is -3.89. The van der Waals surface area contributed by atoms with Gasteiger partial charge in [-0.15, -0.1) is 0 Å². The van der Waals surface area contributed by atoms with Gasteiger partial charge in [-0.25, -0.2) is 8.42 Å². The molecule has 0 saturated carbocycles. The van der Waals surface area contributed by atoms with E-state index in [1.54, 1.807) is 36.9 Å². The Hall–Kier alpha value is -3.55. The number of aryl methyl sites for hydroxylation is 3. The van der Waals surface area contributed by atoms with Crippen molar-refractivity contribution >= 4 is 39.1 Å². The average Bonchev–Trinajstić information content (AvgIpc) is 2.83. The lowest BCUT2D eigenvalue weighted by Gasteiger charge is -2.15. The van der Waals surface area contributed by atoms with E-state index in [4.69, 9.17) is 0 Å². The Morgan fingerprint density at radius 3 is 2.20 bits per heavy atom. The van der Waals surface area contributed by atoms with E-state index in [0.29, 0.717) is 16.9 Å². The Bertz CT molecular complexity index is 1480. The number of hydrogen-bond acceptors (Lipinski definition) is 4. The molecule has 0 bridgehead atoms. The fraction of sp³-hybridized carbons (Fsp3) is 0.107. The van der Waals surface area contributed by atoms with Crippen LogP contribution in [0.2, 0.25) is 0 Å². The standard InChI is InChI=1S/C28H26N2O3S2/c1-19-13-16-24(21(3)17-19)30-35(32,33)27-18-22(15-14-20(27)2)28(31)29-25-11-7-8-12-26(25)34-23-9-5-4-6-10-23/h4-18,30H,1-3H3,(H,29,31). The maximum absolute atomic E-state index is 13.2. The maximum Gasteiger partial charge on any atom is 0.262 e. The van der Waals surface area contributed by atoms with Gasteiger partial charge in [0.1, 0.15) is 0 Å². The van der Waals surface area contributed by atoms with Crippen molar-refractivity contribution in [3.63, 3.8) is 0 Å². The SMILES string of the molecule is Cc1ccc(NS(=O)(=O)c2cc(C(=O)Nc3ccccc3Sc3ccccc3)ccc2C)c(C)c1. The molecular weight excluding hydrogens is 476 g/mol. The number of sulfonamides is 1. The van der Waals surface area contributed by atoms with Crippen molar-refractivity contribution in [2.75, 3.05) is 10.0 Å². The van der Waals surface area contributed by atoms with Gasteiger partial charge in [0.15, 0.2) is 0 Å². The molecule has 0 saturated heterocycles. The molecule has 4 rings (SSSR count). The highest BCUT2D eigenvalue weighted by molar-refractivity contribution is 7.99. The van der Waals surface area contributed by atoms with Gasteiger partial charge in [0.2, 0.25) is 0 Å². The van der Waals surface area contributed by atoms with Crippen LogP contribution >= 0.6 is 11.8 Å². The zero-order chi connectivity index (χ0) is 25.0. The van der Waals surface area contributed by atoms with Crippen molar-refractivity contribution in [3.8, 4) is 0 Å². The molecule has 178 valence electrons. The number of anilines is 2. The summed E-state index contributed by atoms with van der Waals surface area (Å²) in [6.07, 6.45) is 0. The van der Waals surface area contributed by atoms with Crippen LogP contribution in [0.4, 0.5) is 11.4 Å². The summed E-state index contributed by atoms with van der Waals surface area (Å²) in [5, 5.41) is 2.94. The van der Waals surface area contributed by atoms with E-state index in [-0.39, 0.29) is 16.4 Å². The lowest BCUT2D eigenvalue weighted by molar-refractivity contribution is 0.102. The minimum Gasteiger partial charge on any atom is -0.321 e. The van der Waals surface area contributed by atoms with E-state index in [9.17, 15) is 13.2 Å². The molecule has 35 heavy (non-hydrogen) atoms. The highest BCUT2D eigenvalue weighted by Gasteiger charge is 2.20. The molecular formula is C28H26N2O3S2. The molecule has 4 aromatic rings. The summed E-state index contributed by atoms with van der Waals surface area (Å²) in [5.41, 5.74) is 3.86. The largest absolute Gasteiger partial charge is 0.321 e. The molecule has 1 amide bonds. The Kier molecular flexibility index (Phi) is 7.28. The molecule has 5 nitrogen and oxygen atoms in total. The van der Waals surface area contributed by atoms with Crippen LogP contribution in [0.1, 0.15) is 27.0 Å². The summed E-state index contributed by atoms with van der Waals surface area (Å²) in [6, 6.07) is 27.6. The number of para-hydroxylation sites is 1. The van der Waals surface area contributed by atoms with Crippen LogP contribution < -0.4 is 10.0 Å². The van der Waals surface area contributed by atoms with Crippen LogP contribution in [0.3, 0.4) is 0 Å². The zero-order valence-electron chi connectivity index (χ0n) is 19.7. The minimum absolute atomic E-state index is 0.0667. The van der Waals surface area contributed by atoms with E-state index in [2.05, 4.69) is 10.0 Å². The van der Waals surface area contributed by atoms with Crippen LogP contribution in [0.15, 0.2) is 106 Å². The zero-order valence-corrected chi connectivity index (χ0v) is 21.3. The number of rotatable bonds is 7. The summed E-state index contributed by atoms with van der Waals surface area (Å²) in [6.45, 7) is 5.52. The van der Waals surface area contributed by atoms with E-state index < -0.39 is 10.0 Å². The van der Waals surface area contributed by atoms with Crippen molar-refractivity contribution in [3.05, 3.63) is 113 Å². The molecule has 0 spiro atoms. The average molecular weight is 503 g/mol. The van der Waals surface area contributed by atoms with Crippen LogP contribution in [-0.2, 0) is 10.0 Å². The molecule has 7 heteroatoms.